The molecule has 4 aromatic rings. The van der Waals surface area contributed by atoms with Crippen molar-refractivity contribution in [3.05, 3.63) is 120 Å². The summed E-state index contributed by atoms with van der Waals surface area (Å²) in [5.41, 5.74) is 5.26. The number of benzene rings is 4. The molecule has 0 radical (unpaired) electrons. The van der Waals surface area contributed by atoms with E-state index in [1.54, 1.807) is 6.21 Å². The van der Waals surface area contributed by atoms with E-state index in [4.69, 9.17) is 17.0 Å². The third kappa shape index (κ3) is 6.45. The van der Waals surface area contributed by atoms with Crippen molar-refractivity contribution in [1.29, 1.82) is 0 Å². The van der Waals surface area contributed by atoms with Crippen LogP contribution in [0.15, 0.2) is 108 Å². The number of phenols is 1. The average Bonchev–Trinajstić information content (AvgIpc) is 2.85. The van der Waals surface area contributed by atoms with Crippen LogP contribution in [0.2, 0.25) is 0 Å². The Morgan fingerprint density at radius 3 is 1.85 bits per heavy atom. The molecule has 0 fully saturated rings. The molecule has 0 amide bonds. The van der Waals surface area contributed by atoms with Gasteiger partial charge < -0.3 is 5.11 Å². The fraction of sp³-hybridized carbons (Fsp3) is 0.107. The molecule has 1 N–H and O–H groups in total. The summed E-state index contributed by atoms with van der Waals surface area (Å²) in [6.45, 7) is 4.27. The summed E-state index contributed by atoms with van der Waals surface area (Å²) in [6.07, 6.45) is 1.78. The number of para-hydroxylation sites is 1. The average molecular weight is 554 g/mol. The van der Waals surface area contributed by atoms with Crippen LogP contribution in [-0.4, -0.2) is 11.3 Å². The van der Waals surface area contributed by atoms with E-state index < -0.39 is 20.8 Å². The third-order valence-corrected chi connectivity index (χ3v) is 5.57. The monoisotopic (exact) mass is 551 g/mol. The van der Waals surface area contributed by atoms with Crippen LogP contribution in [-0.2, 0) is 26.3 Å². The maximum absolute atomic E-state index is 11.4. The van der Waals surface area contributed by atoms with E-state index in [1.165, 1.54) is 0 Å². The summed E-state index contributed by atoms with van der Waals surface area (Å²) in [7, 11) is 9.87. The van der Waals surface area contributed by atoms with E-state index >= 15 is 0 Å². The second-order valence-corrected chi connectivity index (χ2v) is 11.7. The van der Waals surface area contributed by atoms with Gasteiger partial charge in [0.05, 0.1) is 5.69 Å². The molecule has 0 aliphatic carbocycles. The van der Waals surface area contributed by atoms with Crippen molar-refractivity contribution in [2.24, 2.45) is 4.99 Å². The first-order chi connectivity index (χ1) is 16.0. The summed E-state index contributed by atoms with van der Waals surface area (Å²) in [4.78, 5) is 4.63. The molecule has 5 heteroatoms. The van der Waals surface area contributed by atoms with E-state index in [9.17, 15) is 5.11 Å². The van der Waals surface area contributed by atoms with Gasteiger partial charge in [-0.05, 0) is 28.8 Å². The van der Waals surface area contributed by atoms with Crippen molar-refractivity contribution in [3.63, 3.8) is 0 Å². The molecule has 0 saturated carbocycles. The number of halogens is 2. The van der Waals surface area contributed by atoms with Crippen molar-refractivity contribution in [2.75, 3.05) is 0 Å². The van der Waals surface area contributed by atoms with E-state index in [2.05, 4.69) is 49.2 Å². The molecule has 4 aromatic carbocycles. The first kappa shape index (κ1) is 25.4. The normalized spacial score (nSPS) is 11.0. The Kier molecular flexibility index (Phi) is 9.50. The molecule has 33 heavy (non-hydrogen) atoms. The van der Waals surface area contributed by atoms with Gasteiger partial charge in [-0.3, -0.25) is 4.99 Å². The predicted octanol–water partition coefficient (Wildman–Crippen LogP) is 8.51. The Morgan fingerprint density at radius 2 is 1.27 bits per heavy atom. The summed E-state index contributed by atoms with van der Waals surface area (Å²) < 4.78 is 0. The molecule has 0 spiro atoms. The van der Waals surface area contributed by atoms with Gasteiger partial charge in [0.1, 0.15) is 5.75 Å². The van der Waals surface area contributed by atoms with Crippen molar-refractivity contribution >= 4 is 28.9 Å². The van der Waals surface area contributed by atoms with Gasteiger partial charge in [-0.25, -0.2) is 0 Å². The van der Waals surface area contributed by atoms with E-state index in [0.717, 1.165) is 33.5 Å². The molecule has 166 valence electrons. The molecule has 0 saturated heterocycles. The van der Waals surface area contributed by atoms with Gasteiger partial charge in [-0.2, -0.15) is 0 Å². The van der Waals surface area contributed by atoms with Crippen LogP contribution in [0.1, 0.15) is 30.5 Å². The zero-order chi connectivity index (χ0) is 23.7. The molecule has 0 heterocycles. The van der Waals surface area contributed by atoms with E-state index in [0.29, 0.717) is 0 Å². The summed E-state index contributed by atoms with van der Waals surface area (Å²) >= 11 is -0.826. The minimum atomic E-state index is -0.826. The minimum absolute atomic E-state index is 0.268. The molecular formula is C28H25Cl2NOZr. The third-order valence-electron chi connectivity index (χ3n) is 5.57. The first-order valence-electron chi connectivity index (χ1n) is 10.5. The van der Waals surface area contributed by atoms with Gasteiger partial charge >= 0.3 is 37.9 Å². The fourth-order valence-corrected chi connectivity index (χ4v) is 3.78. The van der Waals surface area contributed by atoms with E-state index in [-0.39, 0.29) is 11.2 Å². The van der Waals surface area contributed by atoms with Gasteiger partial charge in [0, 0.05) is 22.8 Å². The Labute approximate surface area is 214 Å². The Hall–Kier alpha value is -2.19. The number of phenolic OH excluding ortho intramolecular Hbond substituents is 1. The van der Waals surface area contributed by atoms with Crippen molar-refractivity contribution < 1.29 is 26.0 Å². The van der Waals surface area contributed by atoms with Crippen LogP contribution < -0.4 is 0 Å². The molecule has 0 atom stereocenters. The van der Waals surface area contributed by atoms with Crippen molar-refractivity contribution in [2.45, 2.75) is 19.3 Å². The topological polar surface area (TPSA) is 32.6 Å². The zero-order valence-corrected chi connectivity index (χ0v) is 22.5. The summed E-state index contributed by atoms with van der Waals surface area (Å²) in [6, 6.07) is 34.3. The summed E-state index contributed by atoms with van der Waals surface area (Å²) in [5.74, 6) is 0.268. The maximum atomic E-state index is 11.4. The van der Waals surface area contributed by atoms with Crippen LogP contribution in [0.25, 0.3) is 11.1 Å². The number of hydrogen-bond donors (Lipinski definition) is 1. The number of hydrogen-bond acceptors (Lipinski definition) is 2. The first-order valence-corrected chi connectivity index (χ1v) is 16.8. The van der Waals surface area contributed by atoms with Gasteiger partial charge in [0.2, 0.25) is 0 Å². The van der Waals surface area contributed by atoms with Gasteiger partial charge in [-0.15, -0.1) is 0 Å². The number of rotatable bonds is 5. The SMILES string of the molecule is CC(C)(c1ccccc1)c1ccc(-c2ccccc2)c(C=Nc2ccccc2)c1O.[Cl][Zr][Cl]. The number of aliphatic imine (C=N–C) groups is 1. The molecule has 0 aliphatic rings. The Morgan fingerprint density at radius 1 is 0.758 bits per heavy atom. The molecule has 4 rings (SSSR count). The van der Waals surface area contributed by atoms with E-state index in [1.807, 2.05) is 72.8 Å². The Balaban J connectivity index is 0.000000968. The van der Waals surface area contributed by atoms with Crippen LogP contribution in [0.3, 0.4) is 0 Å². The van der Waals surface area contributed by atoms with Crippen molar-refractivity contribution in [3.8, 4) is 16.9 Å². The molecule has 0 aliphatic heterocycles. The zero-order valence-electron chi connectivity index (χ0n) is 18.5. The summed E-state index contributed by atoms with van der Waals surface area (Å²) in [5, 5.41) is 11.4. The predicted molar refractivity (Wildman–Crippen MR) is 138 cm³/mol. The molecule has 2 nitrogen and oxygen atoms in total. The number of aromatic hydroxyl groups is 1. The number of nitrogens with zero attached hydrogens (tertiary/aromatic N) is 1. The van der Waals surface area contributed by atoms with Gasteiger partial charge in [-0.1, -0.05) is 105 Å². The molecule has 0 bridgehead atoms. The van der Waals surface area contributed by atoms with Gasteiger partial charge in [0.25, 0.3) is 0 Å². The van der Waals surface area contributed by atoms with Crippen LogP contribution >= 0.6 is 17.0 Å². The second kappa shape index (κ2) is 12.3. The molecular weight excluding hydrogens is 528 g/mol. The van der Waals surface area contributed by atoms with Crippen LogP contribution in [0.5, 0.6) is 5.75 Å². The van der Waals surface area contributed by atoms with Crippen LogP contribution in [0, 0.1) is 0 Å². The van der Waals surface area contributed by atoms with Gasteiger partial charge in [0.15, 0.2) is 0 Å². The fourth-order valence-electron chi connectivity index (χ4n) is 3.78. The van der Waals surface area contributed by atoms with Crippen molar-refractivity contribution in [1.82, 2.24) is 0 Å². The molecule has 0 aromatic heterocycles. The molecule has 0 unspecified atom stereocenters. The quantitative estimate of drug-likeness (QED) is 0.247. The standard InChI is InChI=1S/C28H25NO.2ClH.Zr/c1-28(2,22-14-8-4-9-15-22)26-19-18-24(21-12-6-3-7-13-21)25(27(26)30)20-29-23-16-10-5-11-17-23;;;/h3-20,30H,1-2H3;2*1H;/q;;;+2/p-2. The second-order valence-electron chi connectivity index (χ2n) is 7.95. The van der Waals surface area contributed by atoms with Crippen LogP contribution in [0.4, 0.5) is 5.69 Å². The Bertz CT molecular complexity index is 1180.